The third-order valence-corrected chi connectivity index (χ3v) is 3.51. The molecule has 1 heterocycles. The minimum absolute atomic E-state index is 0.0357. The van der Waals surface area contributed by atoms with Gasteiger partial charge < -0.3 is 19.3 Å². The lowest BCUT2D eigenvalue weighted by Gasteiger charge is -2.23. The Morgan fingerprint density at radius 1 is 1.36 bits per heavy atom. The van der Waals surface area contributed by atoms with Crippen LogP contribution >= 0.6 is 0 Å². The molecule has 22 heavy (non-hydrogen) atoms. The van der Waals surface area contributed by atoms with Gasteiger partial charge in [-0.15, -0.1) is 0 Å². The van der Waals surface area contributed by atoms with Crippen molar-refractivity contribution in [2.24, 2.45) is 5.92 Å². The molecule has 0 bridgehead atoms. The highest BCUT2D eigenvalue weighted by Gasteiger charge is 2.22. The highest BCUT2D eigenvalue weighted by Crippen LogP contribution is 2.32. The van der Waals surface area contributed by atoms with Crippen LogP contribution in [0.1, 0.15) is 33.1 Å². The lowest BCUT2D eigenvalue weighted by atomic mass is 10.1. The number of carbonyl (C=O) groups excluding carboxylic acids is 2. The van der Waals surface area contributed by atoms with Crippen LogP contribution < -0.4 is 9.47 Å². The number of ether oxygens (including phenoxy) is 3. The van der Waals surface area contributed by atoms with Crippen molar-refractivity contribution >= 4 is 11.8 Å². The zero-order chi connectivity index (χ0) is 16.1. The maximum atomic E-state index is 11.8. The quantitative estimate of drug-likeness (QED) is 0.511. The third-order valence-electron chi connectivity index (χ3n) is 3.51. The van der Waals surface area contributed by atoms with E-state index in [0.29, 0.717) is 12.4 Å². The minimum Gasteiger partial charge on any atom is -0.504 e. The standard InChI is InChI=1S/C16H20O6/c1-10(11(2)17)16(19)22-14-9-12(6-7-13(14)18)21-15-5-3-4-8-20-15/h6-7,9-10,15,18H,3-5,8H2,1-2H3. The van der Waals surface area contributed by atoms with Crippen molar-refractivity contribution in [3.8, 4) is 17.2 Å². The summed E-state index contributed by atoms with van der Waals surface area (Å²) in [5.41, 5.74) is 0. The first-order valence-electron chi connectivity index (χ1n) is 7.31. The number of phenols is 1. The molecule has 6 nitrogen and oxygen atoms in total. The van der Waals surface area contributed by atoms with Crippen molar-refractivity contribution in [3.63, 3.8) is 0 Å². The number of rotatable bonds is 5. The van der Waals surface area contributed by atoms with Gasteiger partial charge in [0, 0.05) is 12.5 Å². The third kappa shape index (κ3) is 4.21. The number of ketones is 1. The molecule has 0 aromatic heterocycles. The Labute approximate surface area is 129 Å². The molecule has 0 radical (unpaired) electrons. The molecule has 0 amide bonds. The molecule has 1 aliphatic rings. The molecule has 2 rings (SSSR count). The molecule has 0 saturated carbocycles. The second-order valence-corrected chi connectivity index (χ2v) is 5.30. The average Bonchev–Trinajstić information content (AvgIpc) is 2.50. The normalized spacial score (nSPS) is 19.3. The molecule has 1 fully saturated rings. The van der Waals surface area contributed by atoms with Crippen LogP contribution in [0, 0.1) is 5.92 Å². The summed E-state index contributed by atoms with van der Waals surface area (Å²) in [5.74, 6) is -1.69. The topological polar surface area (TPSA) is 82.1 Å². The Bertz CT molecular complexity index is 548. The Hall–Kier alpha value is -2.08. The molecule has 1 aromatic carbocycles. The van der Waals surface area contributed by atoms with Crippen LogP contribution in [-0.2, 0) is 14.3 Å². The number of carbonyl (C=O) groups is 2. The highest BCUT2D eigenvalue weighted by molar-refractivity contribution is 5.98. The number of hydrogen-bond acceptors (Lipinski definition) is 6. The summed E-state index contributed by atoms with van der Waals surface area (Å²) in [6, 6.07) is 4.36. The Morgan fingerprint density at radius 2 is 2.14 bits per heavy atom. The van der Waals surface area contributed by atoms with Crippen LogP contribution in [0.25, 0.3) is 0 Å². The fourth-order valence-electron chi connectivity index (χ4n) is 1.97. The Kier molecular flexibility index (Phi) is 5.38. The molecule has 1 N–H and O–H groups in total. The van der Waals surface area contributed by atoms with Gasteiger partial charge in [-0.3, -0.25) is 9.59 Å². The largest absolute Gasteiger partial charge is 0.504 e. The highest BCUT2D eigenvalue weighted by atomic mass is 16.7. The SMILES string of the molecule is CC(=O)C(C)C(=O)Oc1cc(OC2CCCCO2)ccc1O. The van der Waals surface area contributed by atoms with E-state index in [2.05, 4.69) is 0 Å². The van der Waals surface area contributed by atoms with Crippen LogP contribution in [0.15, 0.2) is 18.2 Å². The molecule has 120 valence electrons. The number of esters is 1. The van der Waals surface area contributed by atoms with Gasteiger partial charge in [0.1, 0.15) is 17.5 Å². The molecule has 2 unspecified atom stereocenters. The number of benzene rings is 1. The zero-order valence-electron chi connectivity index (χ0n) is 12.7. The summed E-state index contributed by atoms with van der Waals surface area (Å²) in [6.45, 7) is 3.42. The second-order valence-electron chi connectivity index (χ2n) is 5.30. The molecule has 2 atom stereocenters. The van der Waals surface area contributed by atoms with Crippen molar-refractivity contribution in [3.05, 3.63) is 18.2 Å². The summed E-state index contributed by atoms with van der Waals surface area (Å²) >= 11 is 0. The van der Waals surface area contributed by atoms with Gasteiger partial charge in [-0.1, -0.05) is 0 Å². The summed E-state index contributed by atoms with van der Waals surface area (Å²) in [4.78, 5) is 23.0. The first-order chi connectivity index (χ1) is 10.5. The van der Waals surface area contributed by atoms with E-state index < -0.39 is 11.9 Å². The summed E-state index contributed by atoms with van der Waals surface area (Å²) < 4.78 is 16.2. The monoisotopic (exact) mass is 308 g/mol. The Morgan fingerprint density at radius 3 is 2.77 bits per heavy atom. The van der Waals surface area contributed by atoms with E-state index >= 15 is 0 Å². The van der Waals surface area contributed by atoms with Gasteiger partial charge in [-0.05, 0) is 38.8 Å². The number of hydrogen-bond donors (Lipinski definition) is 1. The van der Waals surface area contributed by atoms with Crippen LogP contribution in [0.3, 0.4) is 0 Å². The first kappa shape index (κ1) is 16.3. The molecule has 1 aliphatic heterocycles. The van der Waals surface area contributed by atoms with Gasteiger partial charge in [0.2, 0.25) is 0 Å². The van der Waals surface area contributed by atoms with Crippen molar-refractivity contribution in [2.75, 3.05) is 6.61 Å². The number of Topliss-reactive ketones (excluding diaryl/α,β-unsaturated/α-hetero) is 1. The van der Waals surface area contributed by atoms with Gasteiger partial charge in [0.05, 0.1) is 6.61 Å². The van der Waals surface area contributed by atoms with Gasteiger partial charge in [0.25, 0.3) is 0 Å². The summed E-state index contributed by atoms with van der Waals surface area (Å²) in [5, 5.41) is 9.76. The molecule has 1 saturated heterocycles. The predicted molar refractivity (Wildman–Crippen MR) is 77.8 cm³/mol. The maximum Gasteiger partial charge on any atom is 0.321 e. The lowest BCUT2D eigenvalue weighted by Crippen LogP contribution is -2.25. The van der Waals surface area contributed by atoms with Gasteiger partial charge in [-0.2, -0.15) is 0 Å². The Balaban J connectivity index is 2.06. The molecular weight excluding hydrogens is 288 g/mol. The fourth-order valence-corrected chi connectivity index (χ4v) is 1.97. The number of phenolic OH excluding ortho intramolecular Hbond substituents is 1. The van der Waals surface area contributed by atoms with E-state index in [1.165, 1.54) is 26.0 Å². The average molecular weight is 308 g/mol. The summed E-state index contributed by atoms with van der Waals surface area (Å²) in [6.07, 6.45) is 2.50. The van der Waals surface area contributed by atoms with Crippen molar-refractivity contribution in [1.82, 2.24) is 0 Å². The molecule has 0 aliphatic carbocycles. The smallest absolute Gasteiger partial charge is 0.321 e. The first-order valence-corrected chi connectivity index (χ1v) is 7.31. The lowest BCUT2D eigenvalue weighted by molar-refractivity contribution is -0.142. The zero-order valence-corrected chi connectivity index (χ0v) is 12.7. The van der Waals surface area contributed by atoms with Gasteiger partial charge in [-0.25, -0.2) is 0 Å². The van der Waals surface area contributed by atoms with Crippen LogP contribution in [0.2, 0.25) is 0 Å². The van der Waals surface area contributed by atoms with Crippen LogP contribution in [0.4, 0.5) is 0 Å². The van der Waals surface area contributed by atoms with E-state index in [1.54, 1.807) is 6.07 Å². The second kappa shape index (κ2) is 7.26. The molecule has 0 spiro atoms. The predicted octanol–water partition coefficient (Wildman–Crippen LogP) is 2.43. The van der Waals surface area contributed by atoms with E-state index in [0.717, 1.165) is 19.3 Å². The summed E-state index contributed by atoms with van der Waals surface area (Å²) in [7, 11) is 0. The van der Waals surface area contributed by atoms with Gasteiger partial charge >= 0.3 is 5.97 Å². The van der Waals surface area contributed by atoms with E-state index in [4.69, 9.17) is 14.2 Å². The van der Waals surface area contributed by atoms with E-state index in [9.17, 15) is 14.7 Å². The maximum absolute atomic E-state index is 11.8. The minimum atomic E-state index is -0.884. The molecular formula is C16H20O6. The van der Waals surface area contributed by atoms with E-state index in [1.807, 2.05) is 0 Å². The van der Waals surface area contributed by atoms with Crippen molar-refractivity contribution in [1.29, 1.82) is 0 Å². The van der Waals surface area contributed by atoms with Crippen LogP contribution in [0.5, 0.6) is 17.2 Å². The molecule has 1 aromatic rings. The number of aromatic hydroxyl groups is 1. The van der Waals surface area contributed by atoms with Crippen molar-refractivity contribution in [2.45, 2.75) is 39.4 Å². The van der Waals surface area contributed by atoms with Crippen LogP contribution in [-0.4, -0.2) is 29.8 Å². The van der Waals surface area contributed by atoms with Gasteiger partial charge in [0.15, 0.2) is 17.8 Å². The van der Waals surface area contributed by atoms with E-state index in [-0.39, 0.29) is 23.6 Å². The fraction of sp³-hybridized carbons (Fsp3) is 0.500. The van der Waals surface area contributed by atoms with Crippen molar-refractivity contribution < 1.29 is 28.9 Å². The molecule has 6 heteroatoms.